The summed E-state index contributed by atoms with van der Waals surface area (Å²) in [7, 11) is 0. The van der Waals surface area contributed by atoms with Gasteiger partial charge < -0.3 is 9.26 Å². The number of thioether (sulfide) groups is 1. The molecular formula is C22H21N3O2S2. The van der Waals surface area contributed by atoms with E-state index in [1.807, 2.05) is 47.8 Å². The third-order valence-electron chi connectivity index (χ3n) is 3.89. The van der Waals surface area contributed by atoms with E-state index in [0.717, 1.165) is 21.9 Å². The number of thiophene rings is 1. The van der Waals surface area contributed by atoms with Gasteiger partial charge >= 0.3 is 0 Å². The van der Waals surface area contributed by atoms with Crippen LogP contribution in [-0.4, -0.2) is 19.9 Å². The fraction of sp³-hybridized carbons (Fsp3) is 0.227. The van der Waals surface area contributed by atoms with E-state index in [4.69, 9.17) is 9.26 Å². The first kappa shape index (κ1) is 19.7. The van der Waals surface area contributed by atoms with Crippen LogP contribution in [0.25, 0.3) is 22.8 Å². The molecule has 4 rings (SSSR count). The van der Waals surface area contributed by atoms with E-state index in [1.165, 1.54) is 4.88 Å². The third kappa shape index (κ3) is 5.25. The molecule has 0 radical (unpaired) electrons. The second-order valence-corrected chi connectivity index (χ2v) is 10.3. The van der Waals surface area contributed by atoms with Gasteiger partial charge in [0.25, 0.3) is 5.89 Å². The van der Waals surface area contributed by atoms with Crippen molar-refractivity contribution in [3.8, 4) is 28.6 Å². The minimum absolute atomic E-state index is 0.119. The van der Waals surface area contributed by atoms with Crippen LogP contribution in [0.1, 0.15) is 25.6 Å². The maximum atomic E-state index is 5.79. The molecule has 4 aromatic rings. The molecule has 0 aliphatic heterocycles. The number of ether oxygens (including phenoxy) is 1. The molecule has 0 amide bonds. The average Bonchev–Trinajstić information content (AvgIpc) is 3.38. The number of nitrogens with zero attached hydrogens (tertiary/aromatic N) is 3. The molecule has 0 unspecified atom stereocenters. The molecule has 29 heavy (non-hydrogen) atoms. The molecule has 0 spiro atoms. The van der Waals surface area contributed by atoms with E-state index in [1.54, 1.807) is 29.3 Å². The SMILES string of the molecule is CC(C)(C)Sc1ccc(-c2noc(-c3ccc(OCc4cccs4)cc3)n2)cn1. The zero-order chi connectivity index (χ0) is 20.3. The summed E-state index contributed by atoms with van der Waals surface area (Å²) in [4.78, 5) is 10.2. The molecule has 0 saturated carbocycles. The van der Waals surface area contributed by atoms with Gasteiger partial charge in [0.2, 0.25) is 5.82 Å². The highest BCUT2D eigenvalue weighted by atomic mass is 32.2. The van der Waals surface area contributed by atoms with Crippen LogP contribution in [0.15, 0.2) is 69.7 Å². The highest BCUT2D eigenvalue weighted by molar-refractivity contribution is 8.00. The predicted molar refractivity (Wildman–Crippen MR) is 117 cm³/mol. The molecule has 0 aliphatic carbocycles. The lowest BCUT2D eigenvalue weighted by molar-refractivity contribution is 0.310. The molecule has 3 heterocycles. The Balaban J connectivity index is 1.43. The quantitative estimate of drug-likeness (QED) is 0.338. The van der Waals surface area contributed by atoms with Crippen LogP contribution in [0.5, 0.6) is 5.75 Å². The molecule has 3 aromatic heterocycles. The summed E-state index contributed by atoms with van der Waals surface area (Å²) in [6.45, 7) is 7.06. The van der Waals surface area contributed by atoms with Gasteiger partial charge in [-0.3, -0.25) is 0 Å². The normalized spacial score (nSPS) is 11.6. The summed E-state index contributed by atoms with van der Waals surface area (Å²) in [6, 6.07) is 15.7. The Labute approximate surface area is 178 Å². The largest absolute Gasteiger partial charge is 0.488 e. The molecule has 1 aromatic carbocycles. The smallest absolute Gasteiger partial charge is 0.258 e. The van der Waals surface area contributed by atoms with Crippen LogP contribution < -0.4 is 4.74 Å². The molecule has 0 N–H and O–H groups in total. The monoisotopic (exact) mass is 423 g/mol. The van der Waals surface area contributed by atoms with Crippen molar-refractivity contribution in [3.63, 3.8) is 0 Å². The van der Waals surface area contributed by atoms with E-state index in [-0.39, 0.29) is 4.75 Å². The molecule has 7 heteroatoms. The molecule has 0 saturated heterocycles. The van der Waals surface area contributed by atoms with Gasteiger partial charge in [0.05, 0.1) is 5.03 Å². The molecule has 0 bridgehead atoms. The first-order valence-corrected chi connectivity index (χ1v) is 10.9. The first-order chi connectivity index (χ1) is 14.0. The lowest BCUT2D eigenvalue weighted by Gasteiger charge is -2.16. The van der Waals surface area contributed by atoms with Crippen molar-refractivity contribution in [1.29, 1.82) is 0 Å². The molecular weight excluding hydrogens is 402 g/mol. The highest BCUT2D eigenvalue weighted by Gasteiger charge is 2.15. The number of benzene rings is 1. The number of rotatable bonds is 6. The van der Waals surface area contributed by atoms with Crippen molar-refractivity contribution in [1.82, 2.24) is 15.1 Å². The predicted octanol–water partition coefficient (Wildman–Crippen LogP) is 6.33. The van der Waals surface area contributed by atoms with E-state index < -0.39 is 0 Å². The van der Waals surface area contributed by atoms with Crippen LogP contribution in [0.3, 0.4) is 0 Å². The Hall–Kier alpha value is -2.64. The summed E-state index contributed by atoms with van der Waals surface area (Å²) in [6.07, 6.45) is 1.78. The van der Waals surface area contributed by atoms with E-state index in [9.17, 15) is 0 Å². The molecule has 148 valence electrons. The summed E-state index contributed by atoms with van der Waals surface area (Å²) < 4.78 is 11.4. The summed E-state index contributed by atoms with van der Waals surface area (Å²) in [5.74, 6) is 1.80. The van der Waals surface area contributed by atoms with Gasteiger partial charge in [-0.25, -0.2) is 4.98 Å². The zero-order valence-corrected chi connectivity index (χ0v) is 18.1. The fourth-order valence-electron chi connectivity index (χ4n) is 2.59. The lowest BCUT2D eigenvalue weighted by Crippen LogP contribution is -2.07. The Morgan fingerprint density at radius 2 is 1.83 bits per heavy atom. The van der Waals surface area contributed by atoms with Gasteiger partial charge in [-0.05, 0) is 47.8 Å². The zero-order valence-electron chi connectivity index (χ0n) is 16.5. The number of pyridine rings is 1. The van der Waals surface area contributed by atoms with Crippen LogP contribution in [0, 0.1) is 0 Å². The number of hydrogen-bond acceptors (Lipinski definition) is 7. The van der Waals surface area contributed by atoms with E-state index >= 15 is 0 Å². The van der Waals surface area contributed by atoms with Crippen LogP contribution >= 0.6 is 23.1 Å². The maximum absolute atomic E-state index is 5.79. The summed E-state index contributed by atoms with van der Waals surface area (Å²) in [5, 5.41) is 7.11. The van der Waals surface area contributed by atoms with Crippen molar-refractivity contribution in [2.75, 3.05) is 0 Å². The van der Waals surface area contributed by atoms with E-state index in [0.29, 0.717) is 18.3 Å². The molecule has 0 aliphatic rings. The van der Waals surface area contributed by atoms with Gasteiger partial charge in [-0.15, -0.1) is 23.1 Å². The number of aromatic nitrogens is 3. The summed E-state index contributed by atoms with van der Waals surface area (Å²) in [5.41, 5.74) is 1.68. The van der Waals surface area contributed by atoms with Crippen LogP contribution in [-0.2, 0) is 6.61 Å². The minimum atomic E-state index is 0.119. The highest BCUT2D eigenvalue weighted by Crippen LogP contribution is 2.31. The minimum Gasteiger partial charge on any atom is -0.488 e. The second kappa shape index (κ2) is 8.39. The topological polar surface area (TPSA) is 61.0 Å². The number of hydrogen-bond donors (Lipinski definition) is 0. The Morgan fingerprint density at radius 3 is 2.48 bits per heavy atom. The van der Waals surface area contributed by atoms with E-state index in [2.05, 4.69) is 42.0 Å². The van der Waals surface area contributed by atoms with Crippen molar-refractivity contribution in [3.05, 3.63) is 65.0 Å². The van der Waals surface area contributed by atoms with Gasteiger partial charge in [0, 0.05) is 26.9 Å². The van der Waals surface area contributed by atoms with Crippen molar-refractivity contribution in [2.45, 2.75) is 37.2 Å². The Morgan fingerprint density at radius 1 is 1.03 bits per heavy atom. The van der Waals surface area contributed by atoms with Crippen LogP contribution in [0.4, 0.5) is 0 Å². The fourth-order valence-corrected chi connectivity index (χ4v) is 4.07. The molecule has 0 atom stereocenters. The van der Waals surface area contributed by atoms with Crippen molar-refractivity contribution >= 4 is 23.1 Å². The van der Waals surface area contributed by atoms with Gasteiger partial charge in [0.1, 0.15) is 12.4 Å². The first-order valence-electron chi connectivity index (χ1n) is 9.21. The van der Waals surface area contributed by atoms with Gasteiger partial charge in [-0.2, -0.15) is 4.98 Å². The van der Waals surface area contributed by atoms with Crippen molar-refractivity contribution < 1.29 is 9.26 Å². The van der Waals surface area contributed by atoms with Gasteiger partial charge in [0.15, 0.2) is 0 Å². The molecule has 5 nitrogen and oxygen atoms in total. The van der Waals surface area contributed by atoms with Gasteiger partial charge in [-0.1, -0.05) is 32.0 Å². The summed E-state index contributed by atoms with van der Waals surface area (Å²) >= 11 is 3.41. The Bertz CT molecular complexity index is 1050. The Kier molecular flexibility index (Phi) is 5.69. The average molecular weight is 424 g/mol. The third-order valence-corrected chi connectivity index (χ3v) is 5.81. The standard InChI is InChI=1S/C22H21N3O2S2/c1-22(2,3)29-19-11-8-16(13-23-19)20-24-21(27-25-20)15-6-9-17(10-7-15)26-14-18-5-4-12-28-18/h4-13H,14H2,1-3H3. The maximum Gasteiger partial charge on any atom is 0.258 e. The lowest BCUT2D eigenvalue weighted by atomic mass is 10.2. The van der Waals surface area contributed by atoms with Crippen LogP contribution in [0.2, 0.25) is 0 Å². The molecule has 0 fully saturated rings. The van der Waals surface area contributed by atoms with Crippen molar-refractivity contribution in [2.24, 2.45) is 0 Å². The second-order valence-electron chi connectivity index (χ2n) is 7.42.